The van der Waals surface area contributed by atoms with Crippen LogP contribution < -0.4 is 5.32 Å². The maximum Gasteiger partial charge on any atom is 0.323 e. The lowest BCUT2D eigenvalue weighted by Gasteiger charge is -2.27. The molecule has 0 aromatic rings. The van der Waals surface area contributed by atoms with E-state index in [9.17, 15) is 13.2 Å². The van der Waals surface area contributed by atoms with Crippen LogP contribution in [0.1, 0.15) is 25.7 Å². The Kier molecular flexibility index (Phi) is 3.73. The first-order valence-corrected chi connectivity index (χ1v) is 7.88. The van der Waals surface area contributed by atoms with Gasteiger partial charge in [-0.15, -0.1) is 0 Å². The van der Waals surface area contributed by atoms with E-state index >= 15 is 0 Å². The number of ether oxygens (including phenoxy) is 1. The first-order valence-electron chi connectivity index (χ1n) is 6.06. The molecule has 1 saturated heterocycles. The molecule has 2 fully saturated rings. The summed E-state index contributed by atoms with van der Waals surface area (Å²) in [7, 11) is -1.56. The summed E-state index contributed by atoms with van der Waals surface area (Å²) in [6.07, 6.45) is 3.54. The number of esters is 1. The molecule has 1 aliphatic carbocycles. The Morgan fingerprint density at radius 3 is 2.59 bits per heavy atom. The molecular formula is C11H19NO4S. The minimum absolute atomic E-state index is 0.0987. The van der Waals surface area contributed by atoms with E-state index in [2.05, 4.69) is 5.32 Å². The Balaban J connectivity index is 1.95. The van der Waals surface area contributed by atoms with Gasteiger partial charge in [-0.1, -0.05) is 0 Å². The van der Waals surface area contributed by atoms with Crippen molar-refractivity contribution in [3.63, 3.8) is 0 Å². The van der Waals surface area contributed by atoms with Crippen LogP contribution in [0.15, 0.2) is 0 Å². The monoisotopic (exact) mass is 261 g/mol. The molecule has 2 atom stereocenters. The number of nitrogens with one attached hydrogen (secondary N) is 1. The second kappa shape index (κ2) is 4.94. The highest BCUT2D eigenvalue weighted by Gasteiger charge is 2.39. The molecule has 0 spiro atoms. The van der Waals surface area contributed by atoms with Crippen LogP contribution in [0.5, 0.6) is 0 Å². The van der Waals surface area contributed by atoms with Crippen LogP contribution in [0, 0.1) is 5.92 Å². The fourth-order valence-corrected chi connectivity index (χ4v) is 4.01. The quantitative estimate of drug-likeness (QED) is 0.727. The zero-order valence-corrected chi connectivity index (χ0v) is 10.8. The normalized spacial score (nSPS) is 29.6. The van der Waals surface area contributed by atoms with Crippen molar-refractivity contribution in [2.24, 2.45) is 5.92 Å². The number of sulfone groups is 1. The van der Waals surface area contributed by atoms with Crippen LogP contribution in [0.4, 0.5) is 0 Å². The highest BCUT2D eigenvalue weighted by Crippen LogP contribution is 2.33. The fraction of sp³-hybridized carbons (Fsp3) is 0.909. The summed E-state index contributed by atoms with van der Waals surface area (Å²) in [5.74, 6) is 0.479. The third kappa shape index (κ3) is 3.42. The maximum absolute atomic E-state index is 11.6. The Hall–Kier alpha value is -0.620. The first kappa shape index (κ1) is 12.8. The molecule has 0 amide bonds. The summed E-state index contributed by atoms with van der Waals surface area (Å²) in [4.78, 5) is 11.6. The van der Waals surface area contributed by atoms with Crippen molar-refractivity contribution >= 4 is 15.8 Å². The third-order valence-corrected chi connectivity index (χ3v) is 5.25. The SMILES string of the molecule is COC(=O)C(NC1CCCS(=O)(=O)C1)C1CC1. The Morgan fingerprint density at radius 2 is 2.06 bits per heavy atom. The molecule has 5 nitrogen and oxygen atoms in total. The topological polar surface area (TPSA) is 72.5 Å². The molecule has 0 aromatic heterocycles. The first-order chi connectivity index (χ1) is 8.02. The maximum atomic E-state index is 11.6. The molecular weight excluding hydrogens is 242 g/mol. The van der Waals surface area contributed by atoms with Gasteiger partial charge in [-0.05, 0) is 31.6 Å². The van der Waals surface area contributed by atoms with Crippen molar-refractivity contribution in [2.75, 3.05) is 18.6 Å². The molecule has 1 saturated carbocycles. The van der Waals surface area contributed by atoms with E-state index in [0.717, 1.165) is 19.3 Å². The largest absolute Gasteiger partial charge is 0.468 e. The third-order valence-electron chi connectivity index (χ3n) is 3.43. The number of hydrogen-bond donors (Lipinski definition) is 1. The molecule has 1 N–H and O–H groups in total. The van der Waals surface area contributed by atoms with Crippen molar-refractivity contribution in [1.29, 1.82) is 0 Å². The van der Waals surface area contributed by atoms with E-state index in [0.29, 0.717) is 12.3 Å². The molecule has 0 bridgehead atoms. The molecule has 98 valence electrons. The minimum Gasteiger partial charge on any atom is -0.468 e. The van der Waals surface area contributed by atoms with Crippen LogP contribution >= 0.6 is 0 Å². The molecule has 1 aliphatic heterocycles. The van der Waals surface area contributed by atoms with Crippen LogP contribution in [0.25, 0.3) is 0 Å². The van der Waals surface area contributed by atoms with Crippen molar-refractivity contribution in [2.45, 2.75) is 37.8 Å². The predicted octanol–water partition coefficient (Wildman–Crippen LogP) is 0.105. The zero-order valence-electron chi connectivity index (χ0n) is 10.0. The van der Waals surface area contributed by atoms with Crippen LogP contribution in [0.3, 0.4) is 0 Å². The summed E-state index contributed by atoms with van der Waals surface area (Å²) >= 11 is 0. The zero-order chi connectivity index (χ0) is 12.5. The summed E-state index contributed by atoms with van der Waals surface area (Å²) in [6, 6.07) is -0.420. The number of rotatable bonds is 4. The van der Waals surface area contributed by atoms with E-state index in [1.807, 2.05) is 0 Å². The van der Waals surface area contributed by atoms with Gasteiger partial charge in [-0.25, -0.2) is 8.42 Å². The smallest absolute Gasteiger partial charge is 0.323 e. The fourth-order valence-electron chi connectivity index (χ4n) is 2.36. The standard InChI is InChI=1S/C11H19NO4S/c1-16-11(13)10(8-4-5-8)12-9-3-2-6-17(14,15)7-9/h8-10,12H,2-7H2,1H3. The van der Waals surface area contributed by atoms with E-state index in [-0.39, 0.29) is 29.6 Å². The lowest BCUT2D eigenvalue weighted by molar-refractivity contribution is -0.144. The van der Waals surface area contributed by atoms with E-state index < -0.39 is 9.84 Å². The van der Waals surface area contributed by atoms with Crippen LogP contribution in [0.2, 0.25) is 0 Å². The number of carbonyl (C=O) groups excluding carboxylic acids is 1. The predicted molar refractivity (Wildman–Crippen MR) is 63.3 cm³/mol. The Labute approximate surface area is 102 Å². The molecule has 2 rings (SSSR count). The number of hydrogen-bond acceptors (Lipinski definition) is 5. The molecule has 1 heterocycles. The second-order valence-corrected chi connectivity index (χ2v) is 7.19. The minimum atomic E-state index is -2.93. The Morgan fingerprint density at radius 1 is 1.35 bits per heavy atom. The van der Waals surface area contributed by atoms with Crippen LogP contribution in [-0.4, -0.2) is 45.1 Å². The number of methoxy groups -OCH3 is 1. The lowest BCUT2D eigenvalue weighted by Crippen LogP contribution is -2.49. The molecule has 0 radical (unpaired) electrons. The van der Waals surface area contributed by atoms with E-state index in [1.165, 1.54) is 7.11 Å². The highest BCUT2D eigenvalue weighted by molar-refractivity contribution is 7.91. The summed E-state index contributed by atoms with van der Waals surface area (Å²) in [5, 5.41) is 3.17. The summed E-state index contributed by atoms with van der Waals surface area (Å²) in [6.45, 7) is 0. The van der Waals surface area contributed by atoms with Gasteiger partial charge in [-0.2, -0.15) is 0 Å². The molecule has 17 heavy (non-hydrogen) atoms. The van der Waals surface area contributed by atoms with Crippen LogP contribution in [-0.2, 0) is 19.4 Å². The van der Waals surface area contributed by atoms with Gasteiger partial charge in [0.05, 0.1) is 18.6 Å². The number of carbonyl (C=O) groups is 1. The highest BCUT2D eigenvalue weighted by atomic mass is 32.2. The van der Waals surface area contributed by atoms with Gasteiger partial charge in [0, 0.05) is 6.04 Å². The summed E-state index contributed by atoms with van der Waals surface area (Å²) in [5.41, 5.74) is 0. The van der Waals surface area contributed by atoms with Crippen molar-refractivity contribution < 1.29 is 17.9 Å². The lowest BCUT2D eigenvalue weighted by atomic mass is 10.1. The van der Waals surface area contributed by atoms with Gasteiger partial charge in [-0.3, -0.25) is 4.79 Å². The summed E-state index contributed by atoms with van der Waals surface area (Å²) < 4.78 is 27.8. The van der Waals surface area contributed by atoms with E-state index in [4.69, 9.17) is 4.74 Å². The van der Waals surface area contributed by atoms with Gasteiger partial charge in [0.15, 0.2) is 9.84 Å². The average Bonchev–Trinajstić information content (AvgIpc) is 3.07. The van der Waals surface area contributed by atoms with Gasteiger partial charge in [0.25, 0.3) is 0 Å². The van der Waals surface area contributed by atoms with Gasteiger partial charge in [0.2, 0.25) is 0 Å². The molecule has 6 heteroatoms. The van der Waals surface area contributed by atoms with Gasteiger partial charge >= 0.3 is 5.97 Å². The molecule has 2 unspecified atom stereocenters. The Bertz CT molecular complexity index is 388. The van der Waals surface area contributed by atoms with Crippen molar-refractivity contribution in [3.05, 3.63) is 0 Å². The van der Waals surface area contributed by atoms with Crippen molar-refractivity contribution in [3.8, 4) is 0 Å². The molecule has 2 aliphatic rings. The van der Waals surface area contributed by atoms with Crippen molar-refractivity contribution in [1.82, 2.24) is 5.32 Å². The average molecular weight is 261 g/mol. The molecule has 0 aromatic carbocycles. The van der Waals surface area contributed by atoms with Gasteiger partial charge in [0.1, 0.15) is 6.04 Å². The van der Waals surface area contributed by atoms with Gasteiger partial charge < -0.3 is 10.1 Å². The van der Waals surface area contributed by atoms with E-state index in [1.54, 1.807) is 0 Å². The second-order valence-electron chi connectivity index (χ2n) is 4.96.